The first-order valence-corrected chi connectivity index (χ1v) is 6.67. The highest BCUT2D eigenvalue weighted by molar-refractivity contribution is 5.48. The Kier molecular flexibility index (Phi) is 3.25. The second-order valence-electron chi connectivity index (χ2n) is 5.04. The average molecular weight is 258 g/mol. The third-order valence-electron chi connectivity index (χ3n) is 3.40. The van der Waals surface area contributed by atoms with Gasteiger partial charge in [-0.1, -0.05) is 5.21 Å². The van der Waals surface area contributed by atoms with Gasteiger partial charge in [0.05, 0.1) is 12.2 Å². The van der Waals surface area contributed by atoms with E-state index in [2.05, 4.69) is 25.6 Å². The standard InChI is InChI=1S/C13H18N6/c1-9-6-10(2)17-13(16-9)12-8-15-18-19(12)11-4-3-5-14-7-11/h6,8,11,14H,3-5,7H2,1-2H3. The predicted molar refractivity (Wildman–Crippen MR) is 71.7 cm³/mol. The molecule has 3 rings (SSSR count). The van der Waals surface area contributed by atoms with E-state index in [0.717, 1.165) is 43.0 Å². The van der Waals surface area contributed by atoms with Crippen LogP contribution in [0.25, 0.3) is 11.5 Å². The van der Waals surface area contributed by atoms with Gasteiger partial charge in [-0.15, -0.1) is 5.10 Å². The number of aryl methyl sites for hydroxylation is 2. The zero-order valence-electron chi connectivity index (χ0n) is 11.3. The summed E-state index contributed by atoms with van der Waals surface area (Å²) in [6.07, 6.45) is 4.04. The minimum absolute atomic E-state index is 0.343. The number of hydrogen-bond donors (Lipinski definition) is 1. The molecule has 0 aromatic carbocycles. The fourth-order valence-corrected chi connectivity index (χ4v) is 2.56. The van der Waals surface area contributed by atoms with E-state index in [1.54, 1.807) is 6.20 Å². The van der Waals surface area contributed by atoms with Crippen molar-refractivity contribution in [3.63, 3.8) is 0 Å². The van der Waals surface area contributed by atoms with Crippen LogP contribution in [0, 0.1) is 13.8 Å². The molecule has 2 aromatic rings. The normalized spacial score (nSPS) is 19.6. The molecule has 6 heteroatoms. The summed E-state index contributed by atoms with van der Waals surface area (Å²) in [6, 6.07) is 2.32. The summed E-state index contributed by atoms with van der Waals surface area (Å²) in [4.78, 5) is 9.00. The maximum atomic E-state index is 4.50. The molecular formula is C13H18N6. The summed E-state index contributed by atoms with van der Waals surface area (Å²) < 4.78 is 1.96. The van der Waals surface area contributed by atoms with Crippen molar-refractivity contribution in [2.45, 2.75) is 32.7 Å². The van der Waals surface area contributed by atoms with E-state index < -0.39 is 0 Å². The fraction of sp³-hybridized carbons (Fsp3) is 0.538. The number of aromatic nitrogens is 5. The molecule has 0 aliphatic carbocycles. The number of nitrogens with one attached hydrogen (secondary N) is 1. The first-order valence-electron chi connectivity index (χ1n) is 6.67. The Balaban J connectivity index is 1.98. The molecule has 3 heterocycles. The van der Waals surface area contributed by atoms with Gasteiger partial charge in [0.1, 0.15) is 5.69 Å². The lowest BCUT2D eigenvalue weighted by atomic mass is 10.1. The molecule has 1 unspecified atom stereocenters. The van der Waals surface area contributed by atoms with Crippen molar-refractivity contribution in [3.05, 3.63) is 23.7 Å². The summed E-state index contributed by atoms with van der Waals surface area (Å²) >= 11 is 0. The first kappa shape index (κ1) is 12.2. The van der Waals surface area contributed by atoms with Gasteiger partial charge in [-0.25, -0.2) is 14.6 Å². The van der Waals surface area contributed by atoms with E-state index >= 15 is 0 Å². The van der Waals surface area contributed by atoms with Gasteiger partial charge in [0.15, 0.2) is 5.82 Å². The SMILES string of the molecule is Cc1cc(C)nc(-c2cnnn2C2CCCNC2)n1. The average Bonchev–Trinajstić information content (AvgIpc) is 2.88. The van der Waals surface area contributed by atoms with Crippen molar-refractivity contribution >= 4 is 0 Å². The molecule has 0 bridgehead atoms. The van der Waals surface area contributed by atoms with Crippen molar-refractivity contribution in [2.75, 3.05) is 13.1 Å². The molecule has 1 N–H and O–H groups in total. The van der Waals surface area contributed by atoms with Crippen molar-refractivity contribution in [1.29, 1.82) is 0 Å². The predicted octanol–water partition coefficient (Wildman–Crippen LogP) is 1.28. The Hall–Kier alpha value is -1.82. The summed E-state index contributed by atoms with van der Waals surface area (Å²) in [5, 5.41) is 11.7. The lowest BCUT2D eigenvalue weighted by molar-refractivity contribution is 0.343. The Bertz CT molecular complexity index is 550. The van der Waals surface area contributed by atoms with E-state index in [1.165, 1.54) is 0 Å². The lowest BCUT2D eigenvalue weighted by Crippen LogP contribution is -2.32. The van der Waals surface area contributed by atoms with Crippen LogP contribution in [0.5, 0.6) is 0 Å². The molecule has 0 saturated carbocycles. The lowest BCUT2D eigenvalue weighted by Gasteiger charge is -2.23. The Labute approximate surface area is 112 Å². The van der Waals surface area contributed by atoms with E-state index in [-0.39, 0.29) is 0 Å². The smallest absolute Gasteiger partial charge is 0.179 e. The highest BCUT2D eigenvalue weighted by atomic mass is 15.4. The topological polar surface area (TPSA) is 68.5 Å². The van der Waals surface area contributed by atoms with Gasteiger partial charge in [-0.05, 0) is 39.3 Å². The maximum Gasteiger partial charge on any atom is 0.179 e. The molecule has 0 amide bonds. The number of rotatable bonds is 2. The van der Waals surface area contributed by atoms with Crippen LogP contribution in [0.15, 0.2) is 12.3 Å². The molecule has 0 radical (unpaired) electrons. The minimum atomic E-state index is 0.343. The van der Waals surface area contributed by atoms with Gasteiger partial charge < -0.3 is 5.32 Å². The van der Waals surface area contributed by atoms with Gasteiger partial charge in [-0.3, -0.25) is 0 Å². The number of piperidine rings is 1. The summed E-state index contributed by atoms with van der Waals surface area (Å²) in [5.41, 5.74) is 2.84. The van der Waals surface area contributed by atoms with Crippen LogP contribution >= 0.6 is 0 Å². The molecule has 1 fully saturated rings. The first-order chi connectivity index (χ1) is 9.24. The number of nitrogens with zero attached hydrogens (tertiary/aromatic N) is 5. The van der Waals surface area contributed by atoms with Crippen LogP contribution in [0.2, 0.25) is 0 Å². The van der Waals surface area contributed by atoms with Gasteiger partial charge in [-0.2, -0.15) is 0 Å². The largest absolute Gasteiger partial charge is 0.315 e. The van der Waals surface area contributed by atoms with Crippen LogP contribution < -0.4 is 5.32 Å². The Morgan fingerprint density at radius 2 is 2.05 bits per heavy atom. The zero-order chi connectivity index (χ0) is 13.2. The van der Waals surface area contributed by atoms with Crippen LogP contribution in [0.1, 0.15) is 30.3 Å². The third kappa shape index (κ3) is 2.49. The highest BCUT2D eigenvalue weighted by Gasteiger charge is 2.20. The van der Waals surface area contributed by atoms with Gasteiger partial charge in [0.2, 0.25) is 0 Å². The Morgan fingerprint density at radius 3 is 2.74 bits per heavy atom. The maximum absolute atomic E-state index is 4.50. The molecule has 1 atom stereocenters. The van der Waals surface area contributed by atoms with Gasteiger partial charge in [0, 0.05) is 17.9 Å². The van der Waals surface area contributed by atoms with Crippen LogP contribution in [0.3, 0.4) is 0 Å². The number of hydrogen-bond acceptors (Lipinski definition) is 5. The van der Waals surface area contributed by atoms with E-state index in [9.17, 15) is 0 Å². The van der Waals surface area contributed by atoms with Crippen molar-refractivity contribution in [3.8, 4) is 11.5 Å². The molecule has 1 saturated heterocycles. The van der Waals surface area contributed by atoms with Crippen LogP contribution in [-0.4, -0.2) is 38.1 Å². The minimum Gasteiger partial charge on any atom is -0.315 e. The fourth-order valence-electron chi connectivity index (χ4n) is 2.56. The van der Waals surface area contributed by atoms with Crippen molar-refractivity contribution in [2.24, 2.45) is 0 Å². The van der Waals surface area contributed by atoms with Crippen molar-refractivity contribution < 1.29 is 0 Å². The Morgan fingerprint density at radius 1 is 1.26 bits per heavy atom. The molecular weight excluding hydrogens is 240 g/mol. The van der Waals surface area contributed by atoms with Gasteiger partial charge in [0.25, 0.3) is 0 Å². The summed E-state index contributed by atoms with van der Waals surface area (Å²) in [7, 11) is 0. The van der Waals surface area contributed by atoms with Gasteiger partial charge >= 0.3 is 0 Å². The second-order valence-corrected chi connectivity index (χ2v) is 5.04. The quantitative estimate of drug-likeness (QED) is 0.878. The monoisotopic (exact) mass is 258 g/mol. The molecule has 0 spiro atoms. The highest BCUT2D eigenvalue weighted by Crippen LogP contribution is 2.22. The summed E-state index contributed by atoms with van der Waals surface area (Å²) in [6.45, 7) is 5.98. The zero-order valence-corrected chi connectivity index (χ0v) is 11.3. The van der Waals surface area contributed by atoms with E-state index in [1.807, 2.05) is 24.6 Å². The third-order valence-corrected chi connectivity index (χ3v) is 3.40. The van der Waals surface area contributed by atoms with Crippen molar-refractivity contribution in [1.82, 2.24) is 30.3 Å². The van der Waals surface area contributed by atoms with E-state index in [0.29, 0.717) is 11.9 Å². The molecule has 19 heavy (non-hydrogen) atoms. The molecule has 1 aliphatic heterocycles. The summed E-state index contributed by atoms with van der Waals surface area (Å²) in [5.74, 6) is 0.716. The van der Waals surface area contributed by atoms with Crippen LogP contribution in [0.4, 0.5) is 0 Å². The molecule has 1 aliphatic rings. The molecule has 6 nitrogen and oxygen atoms in total. The molecule has 100 valence electrons. The van der Waals surface area contributed by atoms with Crippen LogP contribution in [-0.2, 0) is 0 Å². The van der Waals surface area contributed by atoms with E-state index in [4.69, 9.17) is 0 Å². The molecule has 2 aromatic heterocycles. The second kappa shape index (κ2) is 5.05.